The molecule has 0 radical (unpaired) electrons. The first-order chi connectivity index (χ1) is 16.0. The summed E-state index contributed by atoms with van der Waals surface area (Å²) in [5.41, 5.74) is 0. The summed E-state index contributed by atoms with van der Waals surface area (Å²) in [5.74, 6) is -0.353. The van der Waals surface area contributed by atoms with Crippen LogP contribution in [0, 0.1) is 0 Å². The Balaban J connectivity index is 3.63. The van der Waals surface area contributed by atoms with Crippen molar-refractivity contribution in [2.75, 3.05) is 20.3 Å². The minimum Gasteiger partial charge on any atom is -0.464 e. The van der Waals surface area contributed by atoms with E-state index in [0.29, 0.717) is 13.2 Å². The Bertz CT molecular complexity index is 455. The predicted octanol–water partition coefficient (Wildman–Crippen LogP) is 8.44. The van der Waals surface area contributed by atoms with E-state index in [4.69, 9.17) is 9.47 Å². The largest absolute Gasteiger partial charge is 0.464 e. The van der Waals surface area contributed by atoms with Crippen LogP contribution in [0.3, 0.4) is 0 Å². The maximum Gasteiger partial charge on any atom is 0.410 e. The van der Waals surface area contributed by atoms with Gasteiger partial charge in [0.05, 0.1) is 13.2 Å². The summed E-state index contributed by atoms with van der Waals surface area (Å²) in [6.07, 6.45) is 23.1. The van der Waals surface area contributed by atoms with E-state index in [1.54, 1.807) is 14.0 Å². The molecule has 1 amide bonds. The van der Waals surface area contributed by atoms with Crippen LogP contribution in [0.25, 0.3) is 0 Å². The number of carbonyl (C=O) groups excluding carboxylic acids is 2. The van der Waals surface area contributed by atoms with Gasteiger partial charge in [-0.1, -0.05) is 123 Å². The normalized spacial score (nSPS) is 11.9. The molecule has 1 unspecified atom stereocenters. The molecule has 0 aromatic carbocycles. The molecule has 1 atom stereocenters. The molecule has 0 aromatic rings. The lowest BCUT2D eigenvalue weighted by atomic mass is 10.1. The van der Waals surface area contributed by atoms with Crippen molar-refractivity contribution in [1.29, 1.82) is 0 Å². The number of hydrogen-bond donors (Lipinski definition) is 0. The number of esters is 1. The van der Waals surface area contributed by atoms with Gasteiger partial charge in [-0.3, -0.25) is 4.90 Å². The highest BCUT2D eigenvalue weighted by molar-refractivity contribution is 5.80. The molecule has 0 bridgehead atoms. The Morgan fingerprint density at radius 3 is 1.30 bits per heavy atom. The van der Waals surface area contributed by atoms with E-state index in [2.05, 4.69) is 13.8 Å². The second-order valence-corrected chi connectivity index (χ2v) is 9.58. The first kappa shape index (κ1) is 31.7. The highest BCUT2D eigenvalue weighted by atomic mass is 16.6. The number of nitrogens with zero attached hydrogens (tertiary/aromatic N) is 1. The van der Waals surface area contributed by atoms with Crippen molar-refractivity contribution in [2.45, 2.75) is 149 Å². The van der Waals surface area contributed by atoms with Crippen molar-refractivity contribution in [3.05, 3.63) is 0 Å². The summed E-state index contributed by atoms with van der Waals surface area (Å²) < 4.78 is 10.7. The topological polar surface area (TPSA) is 55.8 Å². The molecule has 0 aromatic heterocycles. The molecular formula is C28H55NO4. The van der Waals surface area contributed by atoms with Gasteiger partial charge in [-0.15, -0.1) is 0 Å². The van der Waals surface area contributed by atoms with Gasteiger partial charge < -0.3 is 9.47 Å². The second-order valence-electron chi connectivity index (χ2n) is 9.58. The molecule has 0 saturated heterocycles. The van der Waals surface area contributed by atoms with Gasteiger partial charge in [-0.05, 0) is 19.8 Å². The first-order valence-electron chi connectivity index (χ1n) is 14.1. The summed E-state index contributed by atoms with van der Waals surface area (Å²) in [5, 5.41) is 0. The molecule has 0 aliphatic heterocycles. The van der Waals surface area contributed by atoms with Crippen molar-refractivity contribution in [3.8, 4) is 0 Å². The standard InChI is InChI=1S/C28H55NO4/c1-5-7-9-11-13-15-16-17-19-20-22-24-32-27(30)26(3)29(4)28(31)33-25-23-21-18-14-12-10-8-6-2/h26H,5-25H2,1-4H3. The third kappa shape index (κ3) is 19.9. The summed E-state index contributed by atoms with van der Waals surface area (Å²) in [6.45, 7) is 7.02. The van der Waals surface area contributed by atoms with E-state index in [0.717, 1.165) is 25.7 Å². The lowest BCUT2D eigenvalue weighted by molar-refractivity contribution is -0.148. The number of unbranched alkanes of at least 4 members (excludes halogenated alkanes) is 17. The van der Waals surface area contributed by atoms with Gasteiger partial charge in [-0.2, -0.15) is 0 Å². The SMILES string of the molecule is CCCCCCCCCCCCCOC(=O)C(C)N(C)C(=O)OCCCCCCCCCC. The van der Waals surface area contributed by atoms with Crippen LogP contribution in [0.1, 0.15) is 143 Å². The number of likely N-dealkylation sites (N-methyl/N-ethyl adjacent to an activating group) is 1. The van der Waals surface area contributed by atoms with Gasteiger partial charge in [0, 0.05) is 7.05 Å². The fourth-order valence-corrected chi connectivity index (χ4v) is 3.87. The Labute approximate surface area is 205 Å². The van der Waals surface area contributed by atoms with Crippen LogP contribution in [-0.4, -0.2) is 43.3 Å². The monoisotopic (exact) mass is 469 g/mol. The zero-order valence-corrected chi connectivity index (χ0v) is 22.5. The lowest BCUT2D eigenvalue weighted by Crippen LogP contribution is -2.41. The van der Waals surface area contributed by atoms with Gasteiger partial charge in [-0.25, -0.2) is 9.59 Å². The summed E-state index contributed by atoms with van der Waals surface area (Å²) in [4.78, 5) is 25.7. The molecule has 5 nitrogen and oxygen atoms in total. The van der Waals surface area contributed by atoms with E-state index in [9.17, 15) is 9.59 Å². The Morgan fingerprint density at radius 1 is 0.576 bits per heavy atom. The molecule has 0 spiro atoms. The smallest absolute Gasteiger partial charge is 0.410 e. The molecule has 5 heteroatoms. The number of rotatable bonds is 23. The minimum absolute atomic E-state index is 0.353. The highest BCUT2D eigenvalue weighted by Crippen LogP contribution is 2.12. The highest BCUT2D eigenvalue weighted by Gasteiger charge is 2.24. The van der Waals surface area contributed by atoms with E-state index in [1.807, 2.05) is 0 Å². The van der Waals surface area contributed by atoms with E-state index in [1.165, 1.54) is 101 Å². The van der Waals surface area contributed by atoms with Gasteiger partial charge in [0.2, 0.25) is 0 Å². The van der Waals surface area contributed by atoms with E-state index in [-0.39, 0.29) is 5.97 Å². The molecule has 0 aliphatic rings. The van der Waals surface area contributed by atoms with E-state index >= 15 is 0 Å². The van der Waals surface area contributed by atoms with Crippen molar-refractivity contribution < 1.29 is 19.1 Å². The van der Waals surface area contributed by atoms with Gasteiger partial charge in [0.25, 0.3) is 0 Å². The molecule has 0 fully saturated rings. The number of carbonyl (C=O) groups is 2. The van der Waals surface area contributed by atoms with Gasteiger partial charge in [0.1, 0.15) is 6.04 Å². The first-order valence-corrected chi connectivity index (χ1v) is 14.1. The van der Waals surface area contributed by atoms with Crippen molar-refractivity contribution in [2.24, 2.45) is 0 Å². The summed E-state index contributed by atoms with van der Waals surface area (Å²) >= 11 is 0. The number of ether oxygens (including phenoxy) is 2. The fourth-order valence-electron chi connectivity index (χ4n) is 3.87. The van der Waals surface area contributed by atoms with Crippen LogP contribution in [0.15, 0.2) is 0 Å². The van der Waals surface area contributed by atoms with E-state index < -0.39 is 12.1 Å². The maximum absolute atomic E-state index is 12.2. The molecule has 0 rings (SSSR count). The zero-order chi connectivity index (χ0) is 24.6. The Kier molecular flexibility index (Phi) is 23.0. The van der Waals surface area contributed by atoms with Crippen LogP contribution in [-0.2, 0) is 14.3 Å². The molecule has 0 heterocycles. The average molecular weight is 470 g/mol. The average Bonchev–Trinajstić information content (AvgIpc) is 2.82. The molecular weight excluding hydrogens is 414 g/mol. The zero-order valence-electron chi connectivity index (χ0n) is 22.5. The molecule has 0 aliphatic carbocycles. The summed E-state index contributed by atoms with van der Waals surface area (Å²) in [7, 11) is 1.60. The van der Waals surface area contributed by atoms with Crippen LogP contribution in [0.2, 0.25) is 0 Å². The molecule has 0 saturated carbocycles. The predicted molar refractivity (Wildman–Crippen MR) is 139 cm³/mol. The Morgan fingerprint density at radius 2 is 0.909 bits per heavy atom. The number of hydrogen-bond acceptors (Lipinski definition) is 4. The molecule has 33 heavy (non-hydrogen) atoms. The molecule has 0 N–H and O–H groups in total. The lowest BCUT2D eigenvalue weighted by Gasteiger charge is -2.22. The van der Waals surface area contributed by atoms with Crippen LogP contribution in [0.5, 0.6) is 0 Å². The van der Waals surface area contributed by atoms with Gasteiger partial charge >= 0.3 is 12.1 Å². The van der Waals surface area contributed by atoms with Crippen molar-refractivity contribution in [3.63, 3.8) is 0 Å². The van der Waals surface area contributed by atoms with Gasteiger partial charge in [0.15, 0.2) is 0 Å². The third-order valence-electron chi connectivity index (χ3n) is 6.43. The van der Waals surface area contributed by atoms with Crippen molar-refractivity contribution in [1.82, 2.24) is 4.90 Å². The van der Waals surface area contributed by atoms with Crippen LogP contribution < -0.4 is 0 Å². The quantitative estimate of drug-likeness (QED) is 0.111. The maximum atomic E-state index is 12.2. The second kappa shape index (κ2) is 23.9. The van der Waals surface area contributed by atoms with Crippen LogP contribution >= 0.6 is 0 Å². The minimum atomic E-state index is -0.622. The third-order valence-corrected chi connectivity index (χ3v) is 6.43. The number of amides is 1. The fraction of sp³-hybridized carbons (Fsp3) is 0.929. The van der Waals surface area contributed by atoms with Crippen molar-refractivity contribution >= 4 is 12.1 Å². The van der Waals surface area contributed by atoms with Crippen LogP contribution in [0.4, 0.5) is 4.79 Å². The Hall–Kier alpha value is -1.26. The molecule has 196 valence electrons. The summed E-state index contributed by atoms with van der Waals surface area (Å²) in [6, 6.07) is -0.622.